The van der Waals surface area contributed by atoms with Gasteiger partial charge < -0.3 is 9.47 Å². The molecular formula is C20H15N3O6S. The zero-order chi connectivity index (χ0) is 21.3. The molecule has 0 saturated carbocycles. The van der Waals surface area contributed by atoms with Crippen molar-refractivity contribution in [1.82, 2.24) is 9.88 Å². The van der Waals surface area contributed by atoms with Crippen LogP contribution in [0.2, 0.25) is 0 Å². The van der Waals surface area contributed by atoms with Crippen LogP contribution in [0.4, 0.5) is 5.69 Å². The number of benzene rings is 1. The van der Waals surface area contributed by atoms with Crippen LogP contribution < -0.4 is 4.74 Å². The van der Waals surface area contributed by atoms with E-state index in [1.165, 1.54) is 48.0 Å². The monoisotopic (exact) mass is 425 g/mol. The Bertz CT molecular complexity index is 1080. The first-order valence-corrected chi connectivity index (χ1v) is 9.73. The second-order valence-electron chi connectivity index (χ2n) is 6.40. The van der Waals surface area contributed by atoms with E-state index in [9.17, 15) is 19.7 Å². The number of rotatable bonds is 6. The molecule has 0 radical (unpaired) electrons. The molecule has 10 heteroatoms. The number of esters is 1. The molecule has 1 atom stereocenters. The number of hydrogen-bond donors (Lipinski definition) is 0. The maximum Gasteiger partial charge on any atom is 0.355 e. The van der Waals surface area contributed by atoms with Crippen molar-refractivity contribution in [3.8, 4) is 5.88 Å². The maximum absolute atomic E-state index is 12.5. The smallest absolute Gasteiger partial charge is 0.355 e. The second kappa shape index (κ2) is 7.99. The van der Waals surface area contributed by atoms with Gasteiger partial charge in [0.2, 0.25) is 5.88 Å². The van der Waals surface area contributed by atoms with Crippen LogP contribution in [0.25, 0.3) is 6.08 Å². The third-order valence-electron chi connectivity index (χ3n) is 4.55. The fraction of sp³-hybridized carbons (Fsp3) is 0.150. The van der Waals surface area contributed by atoms with Gasteiger partial charge >= 0.3 is 5.97 Å². The molecule has 3 heterocycles. The molecule has 2 aliphatic rings. The van der Waals surface area contributed by atoms with Gasteiger partial charge in [0.15, 0.2) is 0 Å². The molecular weight excluding hydrogens is 410 g/mol. The van der Waals surface area contributed by atoms with Crippen LogP contribution >= 0.6 is 11.8 Å². The van der Waals surface area contributed by atoms with Crippen LogP contribution in [0.1, 0.15) is 11.1 Å². The molecule has 0 aliphatic carbocycles. The summed E-state index contributed by atoms with van der Waals surface area (Å²) in [7, 11) is 1.52. The molecule has 0 N–H and O–H groups in total. The zero-order valence-corrected chi connectivity index (χ0v) is 16.5. The highest BCUT2D eigenvalue weighted by molar-refractivity contribution is 8.03. The minimum absolute atomic E-state index is 0.0413. The van der Waals surface area contributed by atoms with E-state index in [0.717, 1.165) is 5.56 Å². The molecule has 1 unspecified atom stereocenters. The van der Waals surface area contributed by atoms with E-state index in [1.807, 2.05) is 0 Å². The Kier molecular flexibility index (Phi) is 5.23. The Hall–Kier alpha value is -3.66. The molecule has 9 nitrogen and oxygen atoms in total. The zero-order valence-electron chi connectivity index (χ0n) is 15.7. The van der Waals surface area contributed by atoms with Crippen molar-refractivity contribution in [2.75, 3.05) is 7.11 Å². The third-order valence-corrected chi connectivity index (χ3v) is 5.63. The Morgan fingerprint density at radius 2 is 2.07 bits per heavy atom. The highest BCUT2D eigenvalue weighted by atomic mass is 32.2. The predicted octanol–water partition coefficient (Wildman–Crippen LogP) is 2.88. The number of aromatic nitrogens is 1. The van der Waals surface area contributed by atoms with E-state index < -0.39 is 10.9 Å². The number of methoxy groups -OCH3 is 1. The lowest BCUT2D eigenvalue weighted by Crippen LogP contribution is -2.51. The summed E-state index contributed by atoms with van der Waals surface area (Å²) in [6, 6.07) is 9.21. The highest BCUT2D eigenvalue weighted by Crippen LogP contribution is 2.45. The van der Waals surface area contributed by atoms with Crippen LogP contribution in [-0.2, 0) is 20.9 Å². The highest BCUT2D eigenvalue weighted by Gasteiger charge is 2.49. The van der Waals surface area contributed by atoms with Crippen molar-refractivity contribution in [2.45, 2.75) is 12.0 Å². The quantitative estimate of drug-likeness (QED) is 0.228. The average Bonchev–Trinajstić information content (AvgIpc) is 3.17. The van der Waals surface area contributed by atoms with E-state index in [1.54, 1.807) is 29.8 Å². The third kappa shape index (κ3) is 3.64. The summed E-state index contributed by atoms with van der Waals surface area (Å²) in [4.78, 5) is 40.7. The number of carbonyl (C=O) groups is 2. The number of ether oxygens (including phenoxy) is 2. The van der Waals surface area contributed by atoms with Crippen LogP contribution in [-0.4, -0.2) is 39.2 Å². The first-order chi connectivity index (χ1) is 14.5. The number of amides is 1. The van der Waals surface area contributed by atoms with Crippen molar-refractivity contribution in [2.24, 2.45) is 0 Å². The summed E-state index contributed by atoms with van der Waals surface area (Å²) >= 11 is 1.35. The number of nitrogens with zero attached hydrogens (tertiary/aromatic N) is 3. The number of fused-ring (bicyclic) bond motifs is 1. The van der Waals surface area contributed by atoms with Gasteiger partial charge in [0.25, 0.3) is 11.6 Å². The lowest BCUT2D eigenvalue weighted by molar-refractivity contribution is -0.384. The van der Waals surface area contributed by atoms with Gasteiger partial charge in [-0.3, -0.25) is 19.8 Å². The Morgan fingerprint density at radius 3 is 2.70 bits per heavy atom. The van der Waals surface area contributed by atoms with E-state index in [4.69, 9.17) is 9.47 Å². The molecule has 1 saturated heterocycles. The number of pyridine rings is 1. The minimum atomic E-state index is -0.623. The first kappa shape index (κ1) is 19.6. The number of β-lactam (4-membered cyclic amide) rings is 1. The van der Waals surface area contributed by atoms with Gasteiger partial charge in [-0.15, -0.1) is 11.8 Å². The standard InChI is InChI=1S/C20H15N3O6S/c1-28-17-7-4-13(9-21-17)8-15-18(24)22-16(11-30-19(15)22)20(25)29-10-12-2-5-14(6-3-12)23(26)27/h2-9,11,19H,10H2,1H3. The molecule has 1 aromatic heterocycles. The summed E-state index contributed by atoms with van der Waals surface area (Å²) in [5, 5.41) is 12.0. The summed E-state index contributed by atoms with van der Waals surface area (Å²) in [6.07, 6.45) is 3.34. The van der Waals surface area contributed by atoms with Gasteiger partial charge in [0, 0.05) is 29.8 Å². The summed E-state index contributed by atoms with van der Waals surface area (Å²) < 4.78 is 10.3. The van der Waals surface area contributed by atoms with Crippen molar-refractivity contribution < 1.29 is 24.0 Å². The minimum Gasteiger partial charge on any atom is -0.481 e. The predicted molar refractivity (Wildman–Crippen MR) is 108 cm³/mol. The number of hydrogen-bond acceptors (Lipinski definition) is 8. The van der Waals surface area contributed by atoms with Gasteiger partial charge in [-0.05, 0) is 35.4 Å². The number of non-ortho nitro benzene ring substituents is 1. The average molecular weight is 425 g/mol. The van der Waals surface area contributed by atoms with E-state index in [-0.39, 0.29) is 29.3 Å². The molecule has 1 fully saturated rings. The van der Waals surface area contributed by atoms with Crippen molar-refractivity contribution in [1.29, 1.82) is 0 Å². The molecule has 30 heavy (non-hydrogen) atoms. The van der Waals surface area contributed by atoms with Crippen LogP contribution in [0.3, 0.4) is 0 Å². The molecule has 1 aromatic carbocycles. The molecule has 4 rings (SSSR count). The fourth-order valence-electron chi connectivity index (χ4n) is 2.97. The number of carbonyl (C=O) groups excluding carboxylic acids is 2. The van der Waals surface area contributed by atoms with Gasteiger partial charge in [-0.1, -0.05) is 0 Å². The normalized spacial score (nSPS) is 18.5. The van der Waals surface area contributed by atoms with Gasteiger partial charge in [-0.2, -0.15) is 0 Å². The summed E-state index contributed by atoms with van der Waals surface area (Å²) in [5.41, 5.74) is 2.08. The van der Waals surface area contributed by atoms with E-state index >= 15 is 0 Å². The number of thioether (sulfide) groups is 1. The molecule has 0 spiro atoms. The summed E-state index contributed by atoms with van der Waals surface area (Å²) in [6.45, 7) is -0.0499. The van der Waals surface area contributed by atoms with Crippen LogP contribution in [0.15, 0.2) is 59.3 Å². The summed E-state index contributed by atoms with van der Waals surface area (Å²) in [5.74, 6) is -0.408. The molecule has 0 bridgehead atoms. The second-order valence-corrected chi connectivity index (χ2v) is 7.35. The van der Waals surface area contributed by atoms with Crippen LogP contribution in [0.5, 0.6) is 5.88 Å². The van der Waals surface area contributed by atoms with E-state index in [2.05, 4.69) is 4.98 Å². The van der Waals surface area contributed by atoms with E-state index in [0.29, 0.717) is 17.0 Å². The Labute approximate surface area is 175 Å². The number of nitro groups is 1. The van der Waals surface area contributed by atoms with Gasteiger partial charge in [0.05, 0.1) is 17.6 Å². The van der Waals surface area contributed by atoms with Crippen molar-refractivity contribution in [3.05, 3.63) is 80.5 Å². The Balaban J connectivity index is 1.38. The van der Waals surface area contributed by atoms with Gasteiger partial charge in [-0.25, -0.2) is 9.78 Å². The lowest BCUT2D eigenvalue weighted by Gasteiger charge is -2.37. The Morgan fingerprint density at radius 1 is 1.30 bits per heavy atom. The van der Waals surface area contributed by atoms with Crippen molar-refractivity contribution in [3.63, 3.8) is 0 Å². The van der Waals surface area contributed by atoms with Crippen molar-refractivity contribution >= 4 is 35.4 Å². The molecule has 2 aromatic rings. The fourth-order valence-corrected chi connectivity index (χ4v) is 4.09. The largest absolute Gasteiger partial charge is 0.481 e. The maximum atomic E-state index is 12.5. The first-order valence-electron chi connectivity index (χ1n) is 8.79. The number of nitro benzene ring substituents is 1. The van der Waals surface area contributed by atoms with Gasteiger partial charge in [0.1, 0.15) is 17.7 Å². The van der Waals surface area contributed by atoms with Crippen LogP contribution in [0, 0.1) is 10.1 Å². The SMILES string of the molecule is COc1ccc(C=C2C(=O)N3C(C(=O)OCc4ccc([N+](=O)[O-])cc4)=CSC23)cn1. The molecule has 2 aliphatic heterocycles. The molecule has 1 amide bonds. The topological polar surface area (TPSA) is 112 Å². The lowest BCUT2D eigenvalue weighted by atomic mass is 10.0. The molecule has 152 valence electrons.